The first-order valence-corrected chi connectivity index (χ1v) is 6.37. The van der Waals surface area contributed by atoms with E-state index in [1.165, 1.54) is 0 Å². The van der Waals surface area contributed by atoms with Gasteiger partial charge in [0.15, 0.2) is 0 Å². The molecule has 0 aliphatic heterocycles. The molecule has 5 heteroatoms. The fraction of sp³-hybridized carbons (Fsp3) is 0.538. The zero-order valence-corrected chi connectivity index (χ0v) is 11.7. The van der Waals surface area contributed by atoms with Gasteiger partial charge in [0.2, 0.25) is 0 Å². The summed E-state index contributed by atoms with van der Waals surface area (Å²) in [5, 5.41) is 13.0. The minimum absolute atomic E-state index is 0.109. The Morgan fingerprint density at radius 1 is 1.44 bits per heavy atom. The number of hydrogen-bond donors (Lipinski definition) is 2. The number of para-hydroxylation sites is 1. The van der Waals surface area contributed by atoms with Gasteiger partial charge >= 0.3 is 0 Å². The maximum atomic E-state index is 9.01. The van der Waals surface area contributed by atoms with Crippen LogP contribution in [0, 0.1) is 0 Å². The van der Waals surface area contributed by atoms with Crippen molar-refractivity contribution in [1.29, 1.82) is 0 Å². The van der Waals surface area contributed by atoms with E-state index in [0.717, 1.165) is 24.3 Å². The van der Waals surface area contributed by atoms with Crippen LogP contribution in [0.25, 0.3) is 0 Å². The van der Waals surface area contributed by atoms with Crippen molar-refractivity contribution < 1.29 is 9.84 Å². The molecular weight excluding hydrogens is 252 g/mol. The highest BCUT2D eigenvalue weighted by molar-refractivity contribution is 6.33. The van der Waals surface area contributed by atoms with E-state index >= 15 is 0 Å². The monoisotopic (exact) mass is 272 g/mol. The van der Waals surface area contributed by atoms with E-state index in [1.54, 1.807) is 7.11 Å². The Bertz CT molecular complexity index is 361. The molecule has 0 radical (unpaired) electrons. The van der Waals surface area contributed by atoms with Crippen molar-refractivity contribution in [3.8, 4) is 0 Å². The first-order chi connectivity index (χ1) is 8.70. The maximum absolute atomic E-state index is 9.01. The SMILES string of the molecule is COCCNCc1cccc(Cl)c1N(C)CCO. The molecule has 0 saturated heterocycles. The van der Waals surface area contributed by atoms with Crippen LogP contribution in [0.5, 0.6) is 0 Å². The predicted octanol–water partition coefficient (Wildman–Crippen LogP) is 1.50. The van der Waals surface area contributed by atoms with Gasteiger partial charge < -0.3 is 20.1 Å². The molecule has 0 aliphatic carbocycles. The summed E-state index contributed by atoms with van der Waals surface area (Å²) >= 11 is 6.22. The third kappa shape index (κ3) is 4.46. The normalized spacial score (nSPS) is 10.7. The first kappa shape index (κ1) is 15.2. The Labute approximate surface area is 114 Å². The van der Waals surface area contributed by atoms with Crippen LogP contribution in [0.2, 0.25) is 5.02 Å². The molecule has 1 aromatic rings. The highest BCUT2D eigenvalue weighted by atomic mass is 35.5. The summed E-state index contributed by atoms with van der Waals surface area (Å²) in [6, 6.07) is 5.84. The predicted molar refractivity (Wildman–Crippen MR) is 75.4 cm³/mol. The van der Waals surface area contributed by atoms with Crippen LogP contribution in [0.4, 0.5) is 5.69 Å². The number of aliphatic hydroxyl groups excluding tert-OH is 1. The Kier molecular flexibility index (Phi) is 7.05. The smallest absolute Gasteiger partial charge is 0.0642 e. The van der Waals surface area contributed by atoms with Gasteiger partial charge in [0.1, 0.15) is 0 Å². The molecule has 0 atom stereocenters. The lowest BCUT2D eigenvalue weighted by Crippen LogP contribution is -2.25. The highest BCUT2D eigenvalue weighted by Crippen LogP contribution is 2.28. The molecule has 102 valence electrons. The number of ether oxygens (including phenoxy) is 1. The number of anilines is 1. The molecule has 0 fully saturated rings. The number of halogens is 1. The van der Waals surface area contributed by atoms with Gasteiger partial charge in [-0.3, -0.25) is 0 Å². The molecule has 1 rings (SSSR count). The Hall–Kier alpha value is -0.810. The molecule has 18 heavy (non-hydrogen) atoms. The average Bonchev–Trinajstić information content (AvgIpc) is 2.35. The second-order valence-corrected chi connectivity index (χ2v) is 4.47. The van der Waals surface area contributed by atoms with Crippen LogP contribution >= 0.6 is 11.6 Å². The molecule has 0 aliphatic rings. The second kappa shape index (κ2) is 8.32. The molecule has 0 unspecified atom stereocenters. The fourth-order valence-corrected chi connectivity index (χ4v) is 2.13. The van der Waals surface area contributed by atoms with Crippen LogP contribution in [0.1, 0.15) is 5.56 Å². The van der Waals surface area contributed by atoms with Gasteiger partial charge in [-0.1, -0.05) is 23.7 Å². The number of nitrogens with one attached hydrogen (secondary N) is 1. The summed E-state index contributed by atoms with van der Waals surface area (Å²) in [7, 11) is 3.61. The van der Waals surface area contributed by atoms with Crippen molar-refractivity contribution in [3.05, 3.63) is 28.8 Å². The molecular formula is C13H21ClN2O2. The lowest BCUT2D eigenvalue weighted by atomic mass is 10.1. The number of rotatable bonds is 8. The summed E-state index contributed by atoms with van der Waals surface area (Å²) in [6.45, 7) is 2.89. The molecule has 4 nitrogen and oxygen atoms in total. The van der Waals surface area contributed by atoms with Crippen molar-refractivity contribution in [2.45, 2.75) is 6.54 Å². The van der Waals surface area contributed by atoms with Gasteiger partial charge in [0.05, 0.1) is 23.9 Å². The third-order valence-corrected chi connectivity index (χ3v) is 2.99. The largest absolute Gasteiger partial charge is 0.395 e. The summed E-state index contributed by atoms with van der Waals surface area (Å²) in [6.07, 6.45) is 0. The zero-order valence-electron chi connectivity index (χ0n) is 10.9. The van der Waals surface area contributed by atoms with Crippen LogP contribution in [-0.2, 0) is 11.3 Å². The van der Waals surface area contributed by atoms with E-state index in [9.17, 15) is 0 Å². The van der Waals surface area contributed by atoms with E-state index < -0.39 is 0 Å². The maximum Gasteiger partial charge on any atom is 0.0642 e. The summed E-state index contributed by atoms with van der Waals surface area (Å²) in [5.74, 6) is 0. The van der Waals surface area contributed by atoms with E-state index in [0.29, 0.717) is 18.2 Å². The highest BCUT2D eigenvalue weighted by Gasteiger charge is 2.10. The van der Waals surface area contributed by atoms with Gasteiger partial charge in [-0.2, -0.15) is 0 Å². The molecule has 2 N–H and O–H groups in total. The summed E-state index contributed by atoms with van der Waals surface area (Å²) in [5.41, 5.74) is 2.09. The van der Waals surface area contributed by atoms with Crippen molar-refractivity contribution in [2.75, 3.05) is 45.4 Å². The van der Waals surface area contributed by atoms with Gasteiger partial charge in [-0.25, -0.2) is 0 Å². The van der Waals surface area contributed by atoms with Crippen LogP contribution in [0.15, 0.2) is 18.2 Å². The Morgan fingerprint density at radius 2 is 2.22 bits per heavy atom. The molecule has 1 aromatic carbocycles. The fourth-order valence-electron chi connectivity index (χ4n) is 1.79. The summed E-state index contributed by atoms with van der Waals surface area (Å²) < 4.78 is 4.99. The van der Waals surface area contributed by atoms with Crippen LogP contribution in [-0.4, -0.2) is 45.6 Å². The number of nitrogens with zero attached hydrogens (tertiary/aromatic N) is 1. The van der Waals surface area contributed by atoms with E-state index in [2.05, 4.69) is 5.32 Å². The number of benzene rings is 1. The van der Waals surface area contributed by atoms with E-state index in [-0.39, 0.29) is 6.61 Å². The second-order valence-electron chi connectivity index (χ2n) is 4.06. The molecule has 0 amide bonds. The molecule has 0 bridgehead atoms. The van der Waals surface area contributed by atoms with E-state index in [4.69, 9.17) is 21.4 Å². The average molecular weight is 273 g/mol. The van der Waals surface area contributed by atoms with Crippen molar-refractivity contribution in [3.63, 3.8) is 0 Å². The van der Waals surface area contributed by atoms with Gasteiger partial charge in [-0.15, -0.1) is 0 Å². The topological polar surface area (TPSA) is 44.7 Å². The summed E-state index contributed by atoms with van der Waals surface area (Å²) in [4.78, 5) is 1.97. The number of methoxy groups -OCH3 is 1. The lowest BCUT2D eigenvalue weighted by molar-refractivity contribution is 0.199. The number of likely N-dealkylation sites (N-methyl/N-ethyl adjacent to an activating group) is 1. The lowest BCUT2D eigenvalue weighted by Gasteiger charge is -2.23. The zero-order chi connectivity index (χ0) is 13.4. The van der Waals surface area contributed by atoms with Gasteiger partial charge in [0, 0.05) is 33.8 Å². The van der Waals surface area contributed by atoms with Crippen molar-refractivity contribution in [2.24, 2.45) is 0 Å². The quantitative estimate of drug-likeness (QED) is 0.704. The van der Waals surface area contributed by atoms with Crippen LogP contribution in [0.3, 0.4) is 0 Å². The first-order valence-electron chi connectivity index (χ1n) is 5.99. The molecule has 0 spiro atoms. The van der Waals surface area contributed by atoms with Crippen LogP contribution < -0.4 is 10.2 Å². The van der Waals surface area contributed by atoms with E-state index in [1.807, 2.05) is 30.1 Å². The molecule has 0 saturated carbocycles. The Morgan fingerprint density at radius 3 is 2.89 bits per heavy atom. The van der Waals surface area contributed by atoms with Gasteiger partial charge in [-0.05, 0) is 11.6 Å². The standard InChI is InChI=1S/C13H21ClN2O2/c1-16(7-8-17)13-11(4-3-5-12(13)14)10-15-6-9-18-2/h3-5,15,17H,6-10H2,1-2H3. The minimum Gasteiger partial charge on any atom is -0.395 e. The van der Waals surface area contributed by atoms with Crippen molar-refractivity contribution >= 4 is 17.3 Å². The minimum atomic E-state index is 0.109. The number of aliphatic hydroxyl groups is 1. The molecule has 0 aromatic heterocycles. The molecule has 0 heterocycles. The Balaban J connectivity index is 2.73. The van der Waals surface area contributed by atoms with Gasteiger partial charge in [0.25, 0.3) is 0 Å². The van der Waals surface area contributed by atoms with Crippen molar-refractivity contribution in [1.82, 2.24) is 5.32 Å². The number of hydrogen-bond acceptors (Lipinski definition) is 4. The third-order valence-electron chi connectivity index (χ3n) is 2.69.